The molecule has 142 valence electrons. The molecule has 2 rings (SSSR count). The first-order valence-electron chi connectivity index (χ1n) is 9.05. The smallest absolute Gasteiger partial charge is 0.303 e. The first-order valence-corrected chi connectivity index (χ1v) is 9.05. The third kappa shape index (κ3) is 4.88. The molecule has 1 aromatic rings. The molecule has 2 atom stereocenters. The highest BCUT2D eigenvalue weighted by molar-refractivity contribution is 5.66. The molecule has 0 radical (unpaired) electrons. The maximum atomic E-state index is 10.6. The van der Waals surface area contributed by atoms with Gasteiger partial charge in [-0.3, -0.25) is 4.79 Å². The number of phenols is 2. The fraction of sp³-hybridized carbons (Fsp3) is 0.476. The van der Waals surface area contributed by atoms with Crippen LogP contribution in [-0.2, 0) is 11.2 Å². The Hall–Kier alpha value is -2.27. The molecular formula is C21H28O5. The lowest BCUT2D eigenvalue weighted by molar-refractivity contribution is -0.137. The van der Waals surface area contributed by atoms with E-state index in [0.717, 1.165) is 29.6 Å². The van der Waals surface area contributed by atoms with Crippen molar-refractivity contribution in [2.75, 3.05) is 6.61 Å². The van der Waals surface area contributed by atoms with Crippen molar-refractivity contribution in [1.82, 2.24) is 0 Å². The number of carboxylic acids is 1. The van der Waals surface area contributed by atoms with Gasteiger partial charge < -0.3 is 20.4 Å². The largest absolute Gasteiger partial charge is 0.507 e. The zero-order valence-electron chi connectivity index (χ0n) is 15.2. The number of carbonyl (C=O) groups is 1. The maximum Gasteiger partial charge on any atom is 0.303 e. The highest BCUT2D eigenvalue weighted by atomic mass is 16.4. The van der Waals surface area contributed by atoms with Crippen LogP contribution >= 0.6 is 0 Å². The number of hydrogen-bond donors (Lipinski definition) is 4. The number of aliphatic hydroxyl groups is 1. The average Bonchev–Trinajstić information content (AvgIpc) is 2.57. The zero-order valence-corrected chi connectivity index (χ0v) is 15.2. The number of aromatic hydroxyl groups is 2. The molecule has 0 bridgehead atoms. The van der Waals surface area contributed by atoms with Crippen molar-refractivity contribution in [2.45, 2.75) is 51.4 Å². The summed E-state index contributed by atoms with van der Waals surface area (Å²) in [6.07, 6.45) is 5.49. The lowest BCUT2D eigenvalue weighted by Gasteiger charge is -2.31. The number of unbranched alkanes of at least 4 members (excludes halogenated alkanes) is 1. The van der Waals surface area contributed by atoms with E-state index in [1.165, 1.54) is 0 Å². The number of benzene rings is 1. The monoisotopic (exact) mass is 360 g/mol. The summed E-state index contributed by atoms with van der Waals surface area (Å²) < 4.78 is 0. The summed E-state index contributed by atoms with van der Waals surface area (Å²) in [5.41, 5.74) is 3.14. The van der Waals surface area contributed by atoms with Gasteiger partial charge in [0.2, 0.25) is 0 Å². The van der Waals surface area contributed by atoms with Crippen LogP contribution in [0.1, 0.15) is 56.1 Å². The van der Waals surface area contributed by atoms with Crippen molar-refractivity contribution in [2.24, 2.45) is 5.92 Å². The summed E-state index contributed by atoms with van der Waals surface area (Å²) in [5, 5.41) is 39.3. The summed E-state index contributed by atoms with van der Waals surface area (Å²) in [4.78, 5) is 10.6. The minimum absolute atomic E-state index is 0.0252. The van der Waals surface area contributed by atoms with Crippen LogP contribution in [0.3, 0.4) is 0 Å². The van der Waals surface area contributed by atoms with Crippen LogP contribution in [-0.4, -0.2) is 33.0 Å². The van der Waals surface area contributed by atoms with E-state index >= 15 is 0 Å². The number of rotatable bonds is 8. The minimum atomic E-state index is -0.819. The predicted octanol–water partition coefficient (Wildman–Crippen LogP) is 3.88. The molecule has 0 saturated carbocycles. The molecule has 0 saturated heterocycles. The molecule has 0 aliphatic heterocycles. The Morgan fingerprint density at radius 2 is 1.88 bits per heavy atom. The van der Waals surface area contributed by atoms with Crippen molar-refractivity contribution in [1.29, 1.82) is 0 Å². The second-order valence-electron chi connectivity index (χ2n) is 7.15. The van der Waals surface area contributed by atoms with E-state index in [1.807, 2.05) is 13.0 Å². The lowest BCUT2D eigenvalue weighted by atomic mass is 9.73. The molecule has 0 fully saturated rings. The fourth-order valence-electron chi connectivity index (χ4n) is 3.71. The number of carboxylic acid groups (broad SMARTS) is 1. The maximum absolute atomic E-state index is 10.6. The summed E-state index contributed by atoms with van der Waals surface area (Å²) in [6.45, 7) is 5.96. The zero-order chi connectivity index (χ0) is 19.3. The number of aliphatic hydroxyl groups excluding tert-OH is 1. The van der Waals surface area contributed by atoms with Gasteiger partial charge in [0.25, 0.3) is 0 Å². The Kier molecular flexibility index (Phi) is 6.86. The van der Waals surface area contributed by atoms with Gasteiger partial charge in [-0.1, -0.05) is 18.2 Å². The van der Waals surface area contributed by atoms with Crippen molar-refractivity contribution >= 4 is 5.97 Å². The van der Waals surface area contributed by atoms with E-state index in [2.05, 4.69) is 6.58 Å². The van der Waals surface area contributed by atoms with Crippen molar-refractivity contribution in [3.8, 4) is 11.5 Å². The van der Waals surface area contributed by atoms with Gasteiger partial charge in [0, 0.05) is 17.9 Å². The normalized spacial score (nSPS) is 19.8. The molecule has 0 heterocycles. The topological polar surface area (TPSA) is 98.0 Å². The second kappa shape index (κ2) is 8.90. The third-order valence-electron chi connectivity index (χ3n) is 5.10. The predicted molar refractivity (Wildman–Crippen MR) is 100 cm³/mol. The first kappa shape index (κ1) is 20.0. The first-order chi connectivity index (χ1) is 12.3. The Balaban J connectivity index is 2.25. The van der Waals surface area contributed by atoms with E-state index in [-0.39, 0.29) is 36.4 Å². The molecule has 0 amide bonds. The van der Waals surface area contributed by atoms with Gasteiger partial charge in [-0.25, -0.2) is 0 Å². The highest BCUT2D eigenvalue weighted by Gasteiger charge is 2.30. The van der Waals surface area contributed by atoms with Crippen LogP contribution in [0.5, 0.6) is 11.5 Å². The molecule has 1 unspecified atom stereocenters. The number of phenolic OH excluding ortho intramolecular Hbond substituents is 2. The van der Waals surface area contributed by atoms with E-state index in [4.69, 9.17) is 5.11 Å². The van der Waals surface area contributed by atoms with Crippen LogP contribution in [0.4, 0.5) is 0 Å². The van der Waals surface area contributed by atoms with E-state index in [9.17, 15) is 20.1 Å². The molecule has 5 heteroatoms. The summed E-state index contributed by atoms with van der Waals surface area (Å²) in [6, 6.07) is 3.29. The van der Waals surface area contributed by atoms with Crippen LogP contribution in [0.25, 0.3) is 0 Å². The van der Waals surface area contributed by atoms with Gasteiger partial charge in [-0.05, 0) is 68.2 Å². The van der Waals surface area contributed by atoms with Crippen LogP contribution < -0.4 is 0 Å². The molecule has 5 nitrogen and oxygen atoms in total. The van der Waals surface area contributed by atoms with Crippen LogP contribution in [0.15, 0.2) is 35.9 Å². The third-order valence-corrected chi connectivity index (χ3v) is 5.10. The van der Waals surface area contributed by atoms with E-state index in [0.29, 0.717) is 24.8 Å². The van der Waals surface area contributed by atoms with Crippen molar-refractivity contribution in [3.05, 3.63) is 47.1 Å². The van der Waals surface area contributed by atoms with Crippen molar-refractivity contribution in [3.63, 3.8) is 0 Å². The molecular weight excluding hydrogens is 332 g/mol. The molecule has 1 aliphatic rings. The molecule has 1 aliphatic carbocycles. The van der Waals surface area contributed by atoms with E-state index < -0.39 is 5.97 Å². The van der Waals surface area contributed by atoms with Gasteiger partial charge in [0.15, 0.2) is 0 Å². The number of allylic oxidation sites excluding steroid dienone is 2. The molecule has 0 aromatic heterocycles. The van der Waals surface area contributed by atoms with E-state index in [1.54, 1.807) is 12.1 Å². The molecule has 0 spiro atoms. The van der Waals surface area contributed by atoms with Crippen molar-refractivity contribution < 1.29 is 25.2 Å². The number of aliphatic carboxylic acids is 1. The standard InChI is InChI=1S/C21H28O5/c1-13(2)16-8-7-15(12-22)9-17(16)21-18(23)10-14(11-19(21)24)5-3-4-6-20(25)26/h9-11,16-17,22-24H,1,3-8,12H2,2H3,(H,25,26)/t16-,17?/m0/s1. The summed E-state index contributed by atoms with van der Waals surface area (Å²) in [5.74, 6) is -0.872. The summed E-state index contributed by atoms with van der Waals surface area (Å²) >= 11 is 0. The SMILES string of the molecule is C=C(C)[C@@H]1CCC(CO)=CC1c1c(O)cc(CCCCC(=O)O)cc1O. The fourth-order valence-corrected chi connectivity index (χ4v) is 3.71. The van der Waals surface area contributed by atoms with Crippen LogP contribution in [0.2, 0.25) is 0 Å². The second-order valence-corrected chi connectivity index (χ2v) is 7.15. The lowest BCUT2D eigenvalue weighted by Crippen LogP contribution is -2.18. The molecule has 4 N–H and O–H groups in total. The number of hydrogen-bond acceptors (Lipinski definition) is 4. The average molecular weight is 360 g/mol. The molecule has 1 aromatic carbocycles. The Labute approximate surface area is 154 Å². The quantitative estimate of drug-likeness (QED) is 0.416. The highest BCUT2D eigenvalue weighted by Crippen LogP contribution is 2.46. The van der Waals surface area contributed by atoms with Crippen LogP contribution in [0, 0.1) is 5.92 Å². The Bertz CT molecular complexity index is 681. The Morgan fingerprint density at radius 3 is 2.42 bits per heavy atom. The van der Waals surface area contributed by atoms with Gasteiger partial charge in [-0.15, -0.1) is 0 Å². The van der Waals surface area contributed by atoms with Gasteiger partial charge in [-0.2, -0.15) is 0 Å². The molecule has 26 heavy (non-hydrogen) atoms. The minimum Gasteiger partial charge on any atom is -0.507 e. The number of aryl methyl sites for hydroxylation is 1. The van der Waals surface area contributed by atoms with Gasteiger partial charge >= 0.3 is 5.97 Å². The summed E-state index contributed by atoms with van der Waals surface area (Å²) in [7, 11) is 0. The Morgan fingerprint density at radius 1 is 1.23 bits per heavy atom. The van der Waals surface area contributed by atoms with Gasteiger partial charge in [0.1, 0.15) is 11.5 Å². The van der Waals surface area contributed by atoms with Gasteiger partial charge in [0.05, 0.1) is 6.61 Å².